The molecule has 0 amide bonds. The lowest BCUT2D eigenvalue weighted by molar-refractivity contribution is -0.0724. The van der Waals surface area contributed by atoms with E-state index in [4.69, 9.17) is 0 Å². The number of alkyl halides is 2. The van der Waals surface area contributed by atoms with Gasteiger partial charge in [-0.2, -0.15) is 8.78 Å². The molecular formula is C20H22F2O. The Morgan fingerprint density at radius 3 is 1.96 bits per heavy atom. The number of benzene rings is 2. The van der Waals surface area contributed by atoms with Crippen LogP contribution in [0.1, 0.15) is 24.0 Å². The summed E-state index contributed by atoms with van der Waals surface area (Å²) in [6.45, 7) is 0. The zero-order chi connectivity index (χ0) is 16.5. The first-order valence-electron chi connectivity index (χ1n) is 7.89. The molecule has 1 N–H and O–H groups in total. The summed E-state index contributed by atoms with van der Waals surface area (Å²) in [5.41, 5.74) is 2.07. The fourth-order valence-corrected chi connectivity index (χ4v) is 2.39. The van der Waals surface area contributed by atoms with Crippen molar-refractivity contribution >= 4 is 0 Å². The van der Waals surface area contributed by atoms with Gasteiger partial charge < -0.3 is 5.11 Å². The number of aliphatic hydroxyl groups is 1. The van der Waals surface area contributed by atoms with E-state index in [1.165, 1.54) is 6.08 Å². The van der Waals surface area contributed by atoms with Gasteiger partial charge in [0.25, 0.3) is 5.92 Å². The molecule has 0 saturated carbocycles. The molecule has 122 valence electrons. The fourth-order valence-electron chi connectivity index (χ4n) is 2.39. The Morgan fingerprint density at radius 2 is 1.39 bits per heavy atom. The standard InChI is InChI=1S/C20H22F2O/c21-20(22,16-8-7-13-17-9-3-1-4-10-17)19(23)15-14-18-11-5-2-6-12-18/h1-6,8-12,16,19,23H,7,13-15H2/b16-8+/t19-/m1/s1. The van der Waals surface area contributed by atoms with Gasteiger partial charge in [0.2, 0.25) is 0 Å². The molecule has 0 aliphatic carbocycles. The Balaban J connectivity index is 1.78. The van der Waals surface area contributed by atoms with Gasteiger partial charge in [0.1, 0.15) is 6.10 Å². The maximum Gasteiger partial charge on any atom is 0.291 e. The van der Waals surface area contributed by atoms with E-state index in [0.29, 0.717) is 19.3 Å². The van der Waals surface area contributed by atoms with Gasteiger partial charge in [-0.25, -0.2) is 0 Å². The van der Waals surface area contributed by atoms with Crippen molar-refractivity contribution in [3.05, 3.63) is 83.9 Å². The summed E-state index contributed by atoms with van der Waals surface area (Å²) >= 11 is 0. The topological polar surface area (TPSA) is 20.2 Å². The fraction of sp³-hybridized carbons (Fsp3) is 0.300. The predicted molar refractivity (Wildman–Crippen MR) is 89.6 cm³/mol. The van der Waals surface area contributed by atoms with Crippen LogP contribution in [0.5, 0.6) is 0 Å². The molecule has 0 aliphatic heterocycles. The summed E-state index contributed by atoms with van der Waals surface area (Å²) in [5.74, 6) is -3.19. The molecule has 1 nitrogen and oxygen atoms in total. The smallest absolute Gasteiger partial charge is 0.291 e. The Hall–Kier alpha value is -2.00. The average molecular weight is 316 g/mol. The number of rotatable bonds is 8. The van der Waals surface area contributed by atoms with Crippen molar-refractivity contribution in [2.75, 3.05) is 0 Å². The lowest BCUT2D eigenvalue weighted by atomic mass is 10.0. The first-order chi connectivity index (χ1) is 11.1. The summed E-state index contributed by atoms with van der Waals surface area (Å²) in [7, 11) is 0. The summed E-state index contributed by atoms with van der Waals surface area (Å²) < 4.78 is 27.8. The number of hydrogen-bond acceptors (Lipinski definition) is 1. The first kappa shape index (κ1) is 17.4. The molecule has 2 aromatic carbocycles. The molecule has 0 saturated heterocycles. The monoisotopic (exact) mass is 316 g/mol. The second-order valence-electron chi connectivity index (χ2n) is 5.64. The molecule has 0 aromatic heterocycles. The van der Waals surface area contributed by atoms with Gasteiger partial charge in [-0.05, 0) is 42.9 Å². The first-order valence-corrected chi connectivity index (χ1v) is 7.89. The summed E-state index contributed by atoms with van der Waals surface area (Å²) in [6.07, 6.45) is 2.37. The molecule has 2 aromatic rings. The molecule has 3 heteroatoms. The van der Waals surface area contributed by atoms with Crippen LogP contribution < -0.4 is 0 Å². The molecule has 0 heterocycles. The lowest BCUT2D eigenvalue weighted by Crippen LogP contribution is -2.31. The Kier molecular flexibility index (Phi) is 6.48. The van der Waals surface area contributed by atoms with Crippen LogP contribution >= 0.6 is 0 Å². The van der Waals surface area contributed by atoms with Crippen LogP contribution in [0.2, 0.25) is 0 Å². The normalized spacial score (nSPS) is 13.3. The van der Waals surface area contributed by atoms with Crippen molar-refractivity contribution in [3.8, 4) is 0 Å². The van der Waals surface area contributed by atoms with Gasteiger partial charge in [-0.15, -0.1) is 0 Å². The highest BCUT2D eigenvalue weighted by Crippen LogP contribution is 2.24. The molecule has 0 unspecified atom stereocenters. The quantitative estimate of drug-likeness (QED) is 0.693. The number of allylic oxidation sites excluding steroid dienone is 1. The minimum Gasteiger partial charge on any atom is -0.386 e. The number of aryl methyl sites for hydroxylation is 2. The predicted octanol–water partition coefficient (Wildman–Crippen LogP) is 4.80. The van der Waals surface area contributed by atoms with E-state index in [1.54, 1.807) is 0 Å². The highest BCUT2D eigenvalue weighted by Gasteiger charge is 2.34. The summed E-state index contributed by atoms with van der Waals surface area (Å²) in [6, 6.07) is 19.1. The van der Waals surface area contributed by atoms with E-state index in [0.717, 1.165) is 17.2 Å². The molecule has 0 radical (unpaired) electrons. The Bertz CT molecular complexity index is 594. The van der Waals surface area contributed by atoms with Crippen molar-refractivity contribution in [2.24, 2.45) is 0 Å². The van der Waals surface area contributed by atoms with Gasteiger partial charge in [-0.3, -0.25) is 0 Å². The van der Waals surface area contributed by atoms with E-state index in [1.807, 2.05) is 60.7 Å². The van der Waals surface area contributed by atoms with E-state index in [-0.39, 0.29) is 6.42 Å². The van der Waals surface area contributed by atoms with E-state index >= 15 is 0 Å². The third-order valence-corrected chi connectivity index (χ3v) is 3.78. The number of aliphatic hydroxyl groups excluding tert-OH is 1. The van der Waals surface area contributed by atoms with Crippen LogP contribution in [-0.4, -0.2) is 17.1 Å². The van der Waals surface area contributed by atoms with Gasteiger partial charge in [0.15, 0.2) is 0 Å². The van der Waals surface area contributed by atoms with Gasteiger partial charge in [0.05, 0.1) is 0 Å². The van der Waals surface area contributed by atoms with Crippen molar-refractivity contribution in [1.82, 2.24) is 0 Å². The van der Waals surface area contributed by atoms with Crippen molar-refractivity contribution in [2.45, 2.75) is 37.7 Å². The minimum absolute atomic E-state index is 0.0417. The molecule has 2 rings (SSSR count). The summed E-state index contributed by atoms with van der Waals surface area (Å²) in [5, 5.41) is 9.75. The second-order valence-corrected chi connectivity index (χ2v) is 5.64. The van der Waals surface area contributed by atoms with Crippen molar-refractivity contribution in [1.29, 1.82) is 0 Å². The third-order valence-electron chi connectivity index (χ3n) is 3.78. The van der Waals surface area contributed by atoms with Crippen molar-refractivity contribution < 1.29 is 13.9 Å². The molecule has 23 heavy (non-hydrogen) atoms. The van der Waals surface area contributed by atoms with Gasteiger partial charge >= 0.3 is 0 Å². The van der Waals surface area contributed by atoms with Crippen LogP contribution in [0.25, 0.3) is 0 Å². The molecule has 0 spiro atoms. The highest BCUT2D eigenvalue weighted by atomic mass is 19.3. The second kappa shape index (κ2) is 8.59. The van der Waals surface area contributed by atoms with Gasteiger partial charge in [-0.1, -0.05) is 66.7 Å². The van der Waals surface area contributed by atoms with Crippen LogP contribution in [0.4, 0.5) is 8.78 Å². The Labute approximate surface area is 136 Å². The van der Waals surface area contributed by atoms with Crippen LogP contribution in [0.3, 0.4) is 0 Å². The molecule has 1 atom stereocenters. The maximum absolute atomic E-state index is 13.9. The zero-order valence-corrected chi connectivity index (χ0v) is 13.0. The van der Waals surface area contributed by atoms with Crippen LogP contribution in [0, 0.1) is 0 Å². The van der Waals surface area contributed by atoms with E-state index in [2.05, 4.69) is 0 Å². The van der Waals surface area contributed by atoms with Crippen LogP contribution in [-0.2, 0) is 12.8 Å². The zero-order valence-electron chi connectivity index (χ0n) is 13.0. The van der Waals surface area contributed by atoms with Crippen LogP contribution in [0.15, 0.2) is 72.8 Å². The van der Waals surface area contributed by atoms with Crippen molar-refractivity contribution in [3.63, 3.8) is 0 Å². The number of halogens is 2. The van der Waals surface area contributed by atoms with E-state index < -0.39 is 12.0 Å². The lowest BCUT2D eigenvalue weighted by Gasteiger charge is -2.19. The highest BCUT2D eigenvalue weighted by molar-refractivity contribution is 5.16. The largest absolute Gasteiger partial charge is 0.386 e. The summed E-state index contributed by atoms with van der Waals surface area (Å²) in [4.78, 5) is 0. The van der Waals surface area contributed by atoms with Gasteiger partial charge in [0, 0.05) is 0 Å². The average Bonchev–Trinajstić information content (AvgIpc) is 2.58. The SMILES string of the molecule is O[C@H](CCc1ccccc1)C(F)(F)/C=C/CCc1ccccc1. The molecular weight excluding hydrogens is 294 g/mol. The molecule has 0 fully saturated rings. The Morgan fingerprint density at radius 1 is 0.870 bits per heavy atom. The van der Waals surface area contributed by atoms with E-state index in [9.17, 15) is 13.9 Å². The third kappa shape index (κ3) is 5.95. The molecule has 0 bridgehead atoms. The minimum atomic E-state index is -3.19. The molecule has 0 aliphatic rings. The number of hydrogen-bond donors (Lipinski definition) is 1. The maximum atomic E-state index is 13.9.